The van der Waals surface area contributed by atoms with E-state index in [9.17, 15) is 5.11 Å². The second-order valence-corrected chi connectivity index (χ2v) is 5.18. The minimum Gasteiger partial charge on any atom is -0.507 e. The van der Waals surface area contributed by atoms with Crippen molar-refractivity contribution in [3.63, 3.8) is 0 Å². The zero-order valence-electron chi connectivity index (χ0n) is 11.6. The molecular formula is C16H17N3O. The van der Waals surface area contributed by atoms with Crippen molar-refractivity contribution in [1.82, 2.24) is 10.4 Å². The van der Waals surface area contributed by atoms with Gasteiger partial charge in [0, 0.05) is 18.2 Å². The Labute approximate surface area is 118 Å². The Kier molecular flexibility index (Phi) is 3.14. The van der Waals surface area contributed by atoms with Crippen LogP contribution in [-0.2, 0) is 0 Å². The number of hydrazone groups is 1. The van der Waals surface area contributed by atoms with E-state index in [2.05, 4.69) is 15.5 Å². The lowest BCUT2D eigenvalue weighted by Crippen LogP contribution is -2.11. The molecule has 1 aliphatic heterocycles. The van der Waals surface area contributed by atoms with Crippen molar-refractivity contribution in [2.45, 2.75) is 26.3 Å². The van der Waals surface area contributed by atoms with Gasteiger partial charge in [-0.2, -0.15) is 5.10 Å². The number of aromatic nitrogens is 1. The lowest BCUT2D eigenvalue weighted by molar-refractivity contribution is 0.469. The van der Waals surface area contributed by atoms with Gasteiger partial charge in [0.15, 0.2) is 0 Å². The summed E-state index contributed by atoms with van der Waals surface area (Å²) in [4.78, 5) is 4.35. The van der Waals surface area contributed by atoms with Crippen LogP contribution in [-0.4, -0.2) is 15.8 Å². The number of aromatic hydroxyl groups is 1. The van der Waals surface area contributed by atoms with E-state index in [1.165, 1.54) is 0 Å². The maximum Gasteiger partial charge on any atom is 0.127 e. The third-order valence-electron chi connectivity index (χ3n) is 3.55. The predicted octanol–water partition coefficient (Wildman–Crippen LogP) is 2.84. The molecule has 0 amide bonds. The Morgan fingerprint density at radius 1 is 1.25 bits per heavy atom. The molecule has 2 heterocycles. The van der Waals surface area contributed by atoms with Crippen molar-refractivity contribution in [2.75, 3.05) is 0 Å². The van der Waals surface area contributed by atoms with Crippen LogP contribution in [0.3, 0.4) is 0 Å². The van der Waals surface area contributed by atoms with Crippen molar-refractivity contribution >= 4 is 5.71 Å². The predicted molar refractivity (Wildman–Crippen MR) is 78.8 cm³/mol. The lowest BCUT2D eigenvalue weighted by atomic mass is 9.97. The summed E-state index contributed by atoms with van der Waals surface area (Å²) in [6.45, 7) is 3.93. The molecule has 102 valence electrons. The summed E-state index contributed by atoms with van der Waals surface area (Å²) in [5, 5.41) is 14.6. The van der Waals surface area contributed by atoms with Gasteiger partial charge in [0.25, 0.3) is 0 Å². The van der Waals surface area contributed by atoms with Crippen LogP contribution in [0.5, 0.6) is 5.75 Å². The molecule has 4 nitrogen and oxygen atoms in total. The van der Waals surface area contributed by atoms with Crippen molar-refractivity contribution in [2.24, 2.45) is 5.10 Å². The van der Waals surface area contributed by atoms with E-state index >= 15 is 0 Å². The van der Waals surface area contributed by atoms with E-state index in [1.807, 2.05) is 44.2 Å². The minimum absolute atomic E-state index is 0.0754. The van der Waals surface area contributed by atoms with Gasteiger partial charge in [-0.25, -0.2) is 0 Å². The van der Waals surface area contributed by atoms with Crippen LogP contribution in [0, 0.1) is 13.8 Å². The molecule has 0 radical (unpaired) electrons. The largest absolute Gasteiger partial charge is 0.507 e. The zero-order chi connectivity index (χ0) is 14.1. The number of rotatable bonds is 2. The summed E-state index contributed by atoms with van der Waals surface area (Å²) >= 11 is 0. The maximum absolute atomic E-state index is 10.2. The molecule has 3 rings (SSSR count). The van der Waals surface area contributed by atoms with Crippen LogP contribution in [0.1, 0.15) is 34.8 Å². The molecule has 0 unspecified atom stereocenters. The summed E-state index contributed by atoms with van der Waals surface area (Å²) in [5.41, 5.74) is 7.77. The summed E-state index contributed by atoms with van der Waals surface area (Å²) in [7, 11) is 0. The Bertz CT molecular complexity index is 665. The third-order valence-corrected chi connectivity index (χ3v) is 3.55. The van der Waals surface area contributed by atoms with E-state index in [0.29, 0.717) is 5.75 Å². The van der Waals surface area contributed by atoms with Crippen LogP contribution in [0.25, 0.3) is 0 Å². The third kappa shape index (κ3) is 2.25. The Hall–Kier alpha value is -2.36. The van der Waals surface area contributed by atoms with E-state index in [-0.39, 0.29) is 6.04 Å². The van der Waals surface area contributed by atoms with Gasteiger partial charge in [-0.05, 0) is 43.2 Å². The van der Waals surface area contributed by atoms with Gasteiger partial charge in [0.2, 0.25) is 0 Å². The number of nitrogens with zero attached hydrogens (tertiary/aromatic N) is 2. The number of benzene rings is 1. The quantitative estimate of drug-likeness (QED) is 0.879. The first-order valence-corrected chi connectivity index (χ1v) is 6.69. The maximum atomic E-state index is 10.2. The first-order chi connectivity index (χ1) is 9.65. The monoisotopic (exact) mass is 267 g/mol. The van der Waals surface area contributed by atoms with Gasteiger partial charge in [-0.15, -0.1) is 0 Å². The molecule has 0 fully saturated rings. The van der Waals surface area contributed by atoms with Crippen LogP contribution >= 0.6 is 0 Å². The fourth-order valence-corrected chi connectivity index (χ4v) is 2.54. The molecule has 2 N–H and O–H groups in total. The SMILES string of the molecule is Cc1cc(C)c(O)c(C2=NN[C@H](c3ccccn3)C2)c1. The molecule has 0 saturated carbocycles. The van der Waals surface area contributed by atoms with Crippen LogP contribution in [0.2, 0.25) is 0 Å². The van der Waals surface area contributed by atoms with Gasteiger partial charge in [0.1, 0.15) is 5.75 Å². The molecule has 0 saturated heterocycles. The Morgan fingerprint density at radius 3 is 2.85 bits per heavy atom. The molecule has 1 aliphatic rings. The zero-order valence-corrected chi connectivity index (χ0v) is 11.6. The Morgan fingerprint density at radius 2 is 2.10 bits per heavy atom. The Balaban J connectivity index is 1.88. The number of aryl methyl sites for hydroxylation is 2. The van der Waals surface area contributed by atoms with Crippen molar-refractivity contribution < 1.29 is 5.11 Å². The van der Waals surface area contributed by atoms with Gasteiger partial charge >= 0.3 is 0 Å². The number of phenolic OH excluding ortho intramolecular Hbond substituents is 1. The van der Waals surface area contributed by atoms with Gasteiger partial charge < -0.3 is 10.5 Å². The smallest absolute Gasteiger partial charge is 0.127 e. The van der Waals surface area contributed by atoms with E-state index < -0.39 is 0 Å². The summed E-state index contributed by atoms with van der Waals surface area (Å²) < 4.78 is 0. The molecule has 0 bridgehead atoms. The second kappa shape index (κ2) is 4.96. The molecule has 2 aromatic rings. The highest BCUT2D eigenvalue weighted by Gasteiger charge is 2.24. The van der Waals surface area contributed by atoms with Crippen LogP contribution in [0.15, 0.2) is 41.6 Å². The fraction of sp³-hybridized carbons (Fsp3) is 0.250. The summed E-state index contributed by atoms with van der Waals surface area (Å²) in [6, 6.07) is 9.87. The highest BCUT2D eigenvalue weighted by atomic mass is 16.3. The highest BCUT2D eigenvalue weighted by molar-refractivity contribution is 6.04. The average molecular weight is 267 g/mol. The number of hydrogen-bond acceptors (Lipinski definition) is 4. The normalized spacial score (nSPS) is 17.7. The van der Waals surface area contributed by atoms with Gasteiger partial charge in [-0.1, -0.05) is 12.1 Å². The second-order valence-electron chi connectivity index (χ2n) is 5.18. The number of hydrogen-bond donors (Lipinski definition) is 2. The van der Waals surface area contributed by atoms with Crippen molar-refractivity contribution in [3.05, 3.63) is 58.9 Å². The fourth-order valence-electron chi connectivity index (χ4n) is 2.54. The van der Waals surface area contributed by atoms with Gasteiger partial charge in [0.05, 0.1) is 17.4 Å². The number of nitrogens with one attached hydrogen (secondary N) is 1. The summed E-state index contributed by atoms with van der Waals surface area (Å²) in [6.07, 6.45) is 2.51. The topological polar surface area (TPSA) is 57.5 Å². The van der Waals surface area contributed by atoms with Crippen molar-refractivity contribution in [3.8, 4) is 5.75 Å². The molecule has 4 heteroatoms. The first kappa shape index (κ1) is 12.7. The van der Waals surface area contributed by atoms with E-state index in [1.54, 1.807) is 6.20 Å². The molecule has 1 aromatic heterocycles. The molecule has 0 spiro atoms. The van der Waals surface area contributed by atoms with E-state index in [0.717, 1.165) is 34.5 Å². The van der Waals surface area contributed by atoms with Crippen LogP contribution in [0.4, 0.5) is 0 Å². The minimum atomic E-state index is 0.0754. The molecule has 1 atom stereocenters. The molecular weight excluding hydrogens is 250 g/mol. The molecule has 0 aliphatic carbocycles. The van der Waals surface area contributed by atoms with Crippen LogP contribution < -0.4 is 5.43 Å². The number of pyridine rings is 1. The molecule has 20 heavy (non-hydrogen) atoms. The first-order valence-electron chi connectivity index (χ1n) is 6.69. The lowest BCUT2D eigenvalue weighted by Gasteiger charge is -2.10. The average Bonchev–Trinajstić information content (AvgIpc) is 2.93. The highest BCUT2D eigenvalue weighted by Crippen LogP contribution is 2.30. The molecule has 1 aromatic carbocycles. The standard InChI is InChI=1S/C16H17N3O/c1-10-7-11(2)16(20)12(8-10)14-9-15(19-18-14)13-5-3-4-6-17-13/h3-8,15,19-20H,9H2,1-2H3/t15-/m0/s1. The van der Waals surface area contributed by atoms with E-state index in [4.69, 9.17) is 0 Å². The summed E-state index contributed by atoms with van der Waals surface area (Å²) in [5.74, 6) is 0.317. The van der Waals surface area contributed by atoms with Crippen molar-refractivity contribution in [1.29, 1.82) is 0 Å². The van der Waals surface area contributed by atoms with Gasteiger partial charge in [-0.3, -0.25) is 4.98 Å². The number of phenols is 1.